The van der Waals surface area contributed by atoms with Crippen LogP contribution in [-0.4, -0.2) is 28.4 Å². The lowest BCUT2D eigenvalue weighted by Gasteiger charge is -2.12. The average molecular weight is 426 g/mol. The van der Waals surface area contributed by atoms with E-state index < -0.39 is 5.97 Å². The van der Waals surface area contributed by atoms with Gasteiger partial charge in [-0.2, -0.15) is 0 Å². The van der Waals surface area contributed by atoms with Gasteiger partial charge in [0.05, 0.1) is 18.1 Å². The maximum absolute atomic E-state index is 10.7. The Bertz CT molecular complexity index is 981. The Hall–Kier alpha value is -2.73. The summed E-state index contributed by atoms with van der Waals surface area (Å²) < 4.78 is 11.9. The highest BCUT2D eigenvalue weighted by Crippen LogP contribution is 2.27. The first-order valence-electron chi connectivity index (χ1n) is 10.0. The Morgan fingerprint density at radius 3 is 2.67 bits per heavy atom. The van der Waals surface area contributed by atoms with Gasteiger partial charge in [-0.25, -0.2) is 4.98 Å². The summed E-state index contributed by atoms with van der Waals surface area (Å²) in [6.45, 7) is 6.62. The molecule has 1 unspecified atom stereocenters. The zero-order chi connectivity index (χ0) is 21.5. The van der Waals surface area contributed by atoms with Crippen molar-refractivity contribution in [2.75, 3.05) is 12.4 Å². The Labute approximate surface area is 181 Å². The maximum atomic E-state index is 10.7. The van der Waals surface area contributed by atoms with E-state index in [0.717, 1.165) is 34.8 Å². The summed E-state index contributed by atoms with van der Waals surface area (Å²) in [7, 11) is 0. The summed E-state index contributed by atoms with van der Waals surface area (Å²) in [6.07, 6.45) is 1.00. The summed E-state index contributed by atoms with van der Waals surface area (Å²) in [4.78, 5) is 15.4. The molecule has 1 heterocycles. The van der Waals surface area contributed by atoms with Crippen LogP contribution in [-0.2, 0) is 17.0 Å². The van der Waals surface area contributed by atoms with E-state index in [1.165, 1.54) is 17.3 Å². The Kier molecular flexibility index (Phi) is 7.57. The second kappa shape index (κ2) is 10.3. The number of aliphatic carboxylic acids is 1. The number of carbonyl (C=O) groups is 1. The number of hydrogen-bond donors (Lipinski definition) is 1. The number of thioether (sulfide) groups is 1. The number of carboxylic acid groups (broad SMARTS) is 1. The number of carboxylic acids is 1. The van der Waals surface area contributed by atoms with E-state index in [-0.39, 0.29) is 11.7 Å². The van der Waals surface area contributed by atoms with Crippen molar-refractivity contribution in [2.24, 2.45) is 0 Å². The second-order valence-electron chi connectivity index (χ2n) is 7.26. The third kappa shape index (κ3) is 5.89. The number of hydrogen-bond acceptors (Lipinski definition) is 5. The number of ether oxygens (including phenoxy) is 1. The van der Waals surface area contributed by atoms with Crippen LogP contribution in [0.2, 0.25) is 0 Å². The summed E-state index contributed by atoms with van der Waals surface area (Å²) in [5, 5.41) is 8.76. The standard InChI is InChI=1S/C24H27NO4S/c1-4-18-8-10-20(11-9-18)24-25-23(17(3)29-24)16(2)13-28-21-7-5-6-19(12-21)14-30-15-22(26)27/h5-12,16H,4,13-15H2,1-3H3,(H,26,27). The van der Waals surface area contributed by atoms with Crippen LogP contribution in [0.3, 0.4) is 0 Å². The van der Waals surface area contributed by atoms with Crippen LogP contribution in [0, 0.1) is 6.92 Å². The van der Waals surface area contributed by atoms with Gasteiger partial charge in [-0.15, -0.1) is 11.8 Å². The fourth-order valence-electron chi connectivity index (χ4n) is 3.15. The molecular formula is C24H27NO4S. The highest BCUT2D eigenvalue weighted by Gasteiger charge is 2.18. The van der Waals surface area contributed by atoms with E-state index in [4.69, 9.17) is 19.2 Å². The molecule has 2 aromatic carbocycles. The molecule has 0 aliphatic carbocycles. The molecule has 0 aliphatic heterocycles. The number of aromatic nitrogens is 1. The van der Waals surface area contributed by atoms with Gasteiger partial charge in [0, 0.05) is 17.2 Å². The third-order valence-corrected chi connectivity index (χ3v) is 5.79. The molecule has 3 rings (SSSR count). The lowest BCUT2D eigenvalue weighted by Crippen LogP contribution is -2.08. The van der Waals surface area contributed by atoms with Gasteiger partial charge in [-0.3, -0.25) is 4.79 Å². The van der Waals surface area contributed by atoms with E-state index in [1.54, 1.807) is 0 Å². The number of nitrogens with zero attached hydrogens (tertiary/aromatic N) is 1. The number of aryl methyl sites for hydroxylation is 2. The molecule has 1 aromatic heterocycles. The minimum absolute atomic E-state index is 0.0717. The zero-order valence-electron chi connectivity index (χ0n) is 17.6. The van der Waals surface area contributed by atoms with Crippen molar-refractivity contribution in [1.82, 2.24) is 4.98 Å². The first-order chi connectivity index (χ1) is 14.5. The Morgan fingerprint density at radius 2 is 1.97 bits per heavy atom. The molecule has 30 heavy (non-hydrogen) atoms. The van der Waals surface area contributed by atoms with Gasteiger partial charge >= 0.3 is 5.97 Å². The normalized spacial score (nSPS) is 12.0. The molecule has 0 aliphatic rings. The number of rotatable bonds is 10. The molecule has 1 N–H and O–H groups in total. The zero-order valence-corrected chi connectivity index (χ0v) is 18.4. The molecule has 0 radical (unpaired) electrons. The topological polar surface area (TPSA) is 72.6 Å². The molecule has 1 atom stereocenters. The maximum Gasteiger partial charge on any atom is 0.313 e. The molecule has 158 valence electrons. The van der Waals surface area contributed by atoms with Crippen LogP contribution in [0.25, 0.3) is 11.5 Å². The third-order valence-electron chi connectivity index (χ3n) is 4.80. The second-order valence-corrected chi connectivity index (χ2v) is 8.24. The quantitative estimate of drug-likeness (QED) is 0.448. The van der Waals surface area contributed by atoms with Gasteiger partial charge in [0.25, 0.3) is 0 Å². The van der Waals surface area contributed by atoms with Crippen molar-refractivity contribution in [3.63, 3.8) is 0 Å². The largest absolute Gasteiger partial charge is 0.493 e. The van der Waals surface area contributed by atoms with Gasteiger partial charge in [-0.05, 0) is 48.7 Å². The van der Waals surface area contributed by atoms with Gasteiger partial charge in [0.15, 0.2) is 0 Å². The molecular weight excluding hydrogens is 398 g/mol. The highest BCUT2D eigenvalue weighted by atomic mass is 32.2. The molecule has 0 saturated heterocycles. The molecule has 0 bridgehead atoms. The van der Waals surface area contributed by atoms with Gasteiger partial charge in [0.2, 0.25) is 5.89 Å². The van der Waals surface area contributed by atoms with Crippen molar-refractivity contribution in [2.45, 2.75) is 38.9 Å². The highest BCUT2D eigenvalue weighted by molar-refractivity contribution is 7.99. The minimum atomic E-state index is -0.801. The average Bonchev–Trinajstić information content (AvgIpc) is 3.14. The molecule has 5 nitrogen and oxygen atoms in total. The molecule has 0 spiro atoms. The summed E-state index contributed by atoms with van der Waals surface area (Å²) in [5.41, 5.74) is 4.20. The van der Waals surface area contributed by atoms with Crippen molar-refractivity contribution < 1.29 is 19.1 Å². The Balaban J connectivity index is 1.61. The monoisotopic (exact) mass is 425 g/mol. The number of benzene rings is 2. The van der Waals surface area contributed by atoms with Crippen LogP contribution in [0.1, 0.15) is 42.3 Å². The van der Waals surface area contributed by atoms with Crippen LogP contribution < -0.4 is 4.74 Å². The van der Waals surface area contributed by atoms with E-state index >= 15 is 0 Å². The molecule has 0 amide bonds. The van der Waals surface area contributed by atoms with Gasteiger partial charge in [0.1, 0.15) is 11.5 Å². The predicted octanol–water partition coefficient (Wildman–Crippen LogP) is 5.71. The van der Waals surface area contributed by atoms with Crippen molar-refractivity contribution in [1.29, 1.82) is 0 Å². The van der Waals surface area contributed by atoms with Crippen LogP contribution in [0.15, 0.2) is 52.9 Å². The fraction of sp³-hybridized carbons (Fsp3) is 0.333. The molecule has 3 aromatic rings. The van der Waals surface area contributed by atoms with E-state index in [0.29, 0.717) is 18.3 Å². The lowest BCUT2D eigenvalue weighted by molar-refractivity contribution is -0.133. The van der Waals surface area contributed by atoms with Crippen molar-refractivity contribution in [3.8, 4) is 17.2 Å². The first-order valence-corrected chi connectivity index (χ1v) is 11.2. The summed E-state index contributed by atoms with van der Waals surface area (Å²) >= 11 is 1.37. The Morgan fingerprint density at radius 1 is 1.20 bits per heavy atom. The first kappa shape index (κ1) is 22.0. The van der Waals surface area contributed by atoms with Crippen LogP contribution in [0.5, 0.6) is 5.75 Å². The van der Waals surface area contributed by atoms with E-state index in [1.807, 2.05) is 43.3 Å². The predicted molar refractivity (Wildman–Crippen MR) is 120 cm³/mol. The minimum Gasteiger partial charge on any atom is -0.493 e. The summed E-state index contributed by atoms with van der Waals surface area (Å²) in [5.74, 6) is 2.21. The fourth-order valence-corrected chi connectivity index (χ4v) is 3.85. The molecule has 6 heteroatoms. The van der Waals surface area contributed by atoms with Gasteiger partial charge < -0.3 is 14.3 Å². The van der Waals surface area contributed by atoms with Crippen molar-refractivity contribution >= 4 is 17.7 Å². The van der Waals surface area contributed by atoms with Gasteiger partial charge in [-0.1, -0.05) is 38.1 Å². The number of oxazole rings is 1. The molecule has 0 fully saturated rings. The van der Waals surface area contributed by atoms with E-state index in [9.17, 15) is 4.79 Å². The smallest absolute Gasteiger partial charge is 0.313 e. The lowest BCUT2D eigenvalue weighted by atomic mass is 10.1. The van der Waals surface area contributed by atoms with Crippen molar-refractivity contribution in [3.05, 3.63) is 71.1 Å². The van der Waals surface area contributed by atoms with Crippen LogP contribution >= 0.6 is 11.8 Å². The summed E-state index contributed by atoms with van der Waals surface area (Å²) in [6, 6.07) is 16.1. The van der Waals surface area contributed by atoms with Crippen LogP contribution in [0.4, 0.5) is 0 Å². The molecule has 0 saturated carbocycles. The SMILES string of the molecule is CCc1ccc(-c2nc(C(C)COc3cccc(CSCC(=O)O)c3)c(C)o2)cc1. The van der Waals surface area contributed by atoms with E-state index in [2.05, 4.69) is 26.0 Å².